The van der Waals surface area contributed by atoms with E-state index in [4.69, 9.17) is 0 Å². The van der Waals surface area contributed by atoms with E-state index in [2.05, 4.69) is 24.1 Å². The maximum Gasteiger partial charge on any atom is 0.146 e. The predicted molar refractivity (Wildman–Crippen MR) is 74.4 cm³/mol. The van der Waals surface area contributed by atoms with Crippen LogP contribution in [0.4, 0.5) is 10.1 Å². The molecule has 0 amide bonds. The summed E-state index contributed by atoms with van der Waals surface area (Å²) in [7, 11) is 1.90. The molecule has 1 aliphatic heterocycles. The van der Waals surface area contributed by atoms with Crippen molar-refractivity contribution in [2.75, 3.05) is 25.0 Å². The zero-order valence-corrected chi connectivity index (χ0v) is 11.6. The van der Waals surface area contributed by atoms with Crippen LogP contribution in [-0.2, 0) is 6.54 Å². The highest BCUT2D eigenvalue weighted by Crippen LogP contribution is 2.34. The zero-order valence-electron chi connectivity index (χ0n) is 11.6. The minimum Gasteiger partial charge on any atom is -0.368 e. The second-order valence-corrected chi connectivity index (χ2v) is 5.97. The zero-order chi connectivity index (χ0) is 13.2. The first-order valence-corrected chi connectivity index (χ1v) is 6.70. The molecule has 0 unspecified atom stereocenters. The SMILES string of the molecule is CNCc1cccc(F)c1N1CCCC(C)(C)C1. The van der Waals surface area contributed by atoms with E-state index in [1.807, 2.05) is 13.1 Å². The standard InChI is InChI=1S/C15H23FN2/c1-15(2)8-5-9-18(11-15)14-12(10-17-3)6-4-7-13(14)16/h4,6-7,17H,5,8-11H2,1-3H3. The van der Waals surface area contributed by atoms with Crippen LogP contribution in [0.1, 0.15) is 32.3 Å². The van der Waals surface area contributed by atoms with Crippen LogP contribution in [0, 0.1) is 11.2 Å². The molecule has 0 aliphatic carbocycles. The van der Waals surface area contributed by atoms with E-state index < -0.39 is 0 Å². The highest BCUT2D eigenvalue weighted by molar-refractivity contribution is 5.55. The van der Waals surface area contributed by atoms with Crippen LogP contribution < -0.4 is 10.2 Å². The molecule has 0 bridgehead atoms. The maximum atomic E-state index is 14.1. The third-order valence-corrected chi connectivity index (χ3v) is 3.65. The lowest BCUT2D eigenvalue weighted by molar-refractivity contribution is 0.291. The number of nitrogens with one attached hydrogen (secondary N) is 1. The highest BCUT2D eigenvalue weighted by Gasteiger charge is 2.28. The summed E-state index contributed by atoms with van der Waals surface area (Å²) in [6.45, 7) is 7.13. The fourth-order valence-electron chi connectivity index (χ4n) is 2.86. The molecular formula is C15H23FN2. The van der Waals surface area contributed by atoms with E-state index in [0.29, 0.717) is 6.54 Å². The van der Waals surface area contributed by atoms with Crippen molar-refractivity contribution in [2.45, 2.75) is 33.2 Å². The summed E-state index contributed by atoms with van der Waals surface area (Å²) in [6, 6.07) is 5.37. The first-order chi connectivity index (χ1) is 8.53. The fraction of sp³-hybridized carbons (Fsp3) is 0.600. The van der Waals surface area contributed by atoms with Crippen molar-refractivity contribution in [3.63, 3.8) is 0 Å². The van der Waals surface area contributed by atoms with E-state index in [0.717, 1.165) is 30.8 Å². The van der Waals surface area contributed by atoms with Gasteiger partial charge in [0.1, 0.15) is 5.82 Å². The minimum absolute atomic E-state index is 0.0968. The molecule has 0 atom stereocenters. The van der Waals surface area contributed by atoms with Gasteiger partial charge in [0.15, 0.2) is 0 Å². The average Bonchev–Trinajstić information content (AvgIpc) is 2.28. The molecule has 0 spiro atoms. The third-order valence-electron chi connectivity index (χ3n) is 3.65. The summed E-state index contributed by atoms with van der Waals surface area (Å²) in [5.41, 5.74) is 2.12. The Morgan fingerprint density at radius 1 is 1.39 bits per heavy atom. The maximum absolute atomic E-state index is 14.1. The van der Waals surface area contributed by atoms with Crippen molar-refractivity contribution in [1.82, 2.24) is 5.32 Å². The Kier molecular flexibility index (Phi) is 3.91. The molecule has 0 radical (unpaired) electrons. The first-order valence-electron chi connectivity index (χ1n) is 6.70. The Morgan fingerprint density at radius 3 is 2.83 bits per heavy atom. The number of piperidine rings is 1. The predicted octanol–water partition coefficient (Wildman–Crippen LogP) is 3.17. The Balaban J connectivity index is 2.31. The van der Waals surface area contributed by atoms with Gasteiger partial charge >= 0.3 is 0 Å². The van der Waals surface area contributed by atoms with Gasteiger partial charge in [0.2, 0.25) is 0 Å². The van der Waals surface area contributed by atoms with Crippen LogP contribution in [-0.4, -0.2) is 20.1 Å². The summed E-state index contributed by atoms with van der Waals surface area (Å²) >= 11 is 0. The van der Waals surface area contributed by atoms with E-state index >= 15 is 0 Å². The third kappa shape index (κ3) is 2.83. The lowest BCUT2D eigenvalue weighted by Gasteiger charge is -2.40. The number of rotatable bonds is 3. The quantitative estimate of drug-likeness (QED) is 0.886. The summed E-state index contributed by atoms with van der Waals surface area (Å²) in [5.74, 6) is -0.0968. The van der Waals surface area contributed by atoms with Crippen LogP contribution in [0.2, 0.25) is 0 Å². The number of nitrogens with zero attached hydrogens (tertiary/aromatic N) is 1. The van der Waals surface area contributed by atoms with Crippen molar-refractivity contribution < 1.29 is 4.39 Å². The van der Waals surface area contributed by atoms with Crippen LogP contribution in [0.3, 0.4) is 0 Å². The van der Waals surface area contributed by atoms with E-state index in [1.165, 1.54) is 6.42 Å². The van der Waals surface area contributed by atoms with Gasteiger partial charge in [-0.05, 0) is 36.9 Å². The molecule has 3 heteroatoms. The van der Waals surface area contributed by atoms with Gasteiger partial charge in [-0.25, -0.2) is 4.39 Å². The number of anilines is 1. The molecule has 0 saturated carbocycles. The topological polar surface area (TPSA) is 15.3 Å². The molecule has 2 nitrogen and oxygen atoms in total. The lowest BCUT2D eigenvalue weighted by atomic mass is 9.84. The van der Waals surface area contributed by atoms with Crippen molar-refractivity contribution in [3.8, 4) is 0 Å². The van der Waals surface area contributed by atoms with Crippen molar-refractivity contribution in [1.29, 1.82) is 0 Å². The lowest BCUT2D eigenvalue weighted by Crippen LogP contribution is -2.41. The number of para-hydroxylation sites is 1. The van der Waals surface area contributed by atoms with Crippen LogP contribution in [0.15, 0.2) is 18.2 Å². The van der Waals surface area contributed by atoms with Gasteiger partial charge in [0, 0.05) is 19.6 Å². The minimum atomic E-state index is -0.0968. The van der Waals surface area contributed by atoms with E-state index in [9.17, 15) is 4.39 Å². The molecule has 1 fully saturated rings. The average molecular weight is 250 g/mol. The normalized spacial score (nSPS) is 19.0. The molecule has 18 heavy (non-hydrogen) atoms. The molecule has 0 aromatic heterocycles. The van der Waals surface area contributed by atoms with Crippen LogP contribution in [0.5, 0.6) is 0 Å². The monoisotopic (exact) mass is 250 g/mol. The Bertz CT molecular complexity index is 415. The van der Waals surface area contributed by atoms with Crippen molar-refractivity contribution in [3.05, 3.63) is 29.6 Å². The van der Waals surface area contributed by atoms with Gasteiger partial charge in [-0.2, -0.15) is 0 Å². The van der Waals surface area contributed by atoms with Gasteiger partial charge in [0.25, 0.3) is 0 Å². The highest BCUT2D eigenvalue weighted by atomic mass is 19.1. The molecule has 1 saturated heterocycles. The van der Waals surface area contributed by atoms with Crippen molar-refractivity contribution >= 4 is 5.69 Å². The van der Waals surface area contributed by atoms with Crippen LogP contribution >= 0.6 is 0 Å². The number of hydrogen-bond acceptors (Lipinski definition) is 2. The molecular weight excluding hydrogens is 227 g/mol. The molecule has 2 rings (SSSR count). The fourth-order valence-corrected chi connectivity index (χ4v) is 2.86. The summed E-state index contributed by atoms with van der Waals surface area (Å²) in [5, 5.41) is 3.12. The van der Waals surface area contributed by atoms with Gasteiger partial charge in [0.05, 0.1) is 5.69 Å². The Morgan fingerprint density at radius 2 is 2.17 bits per heavy atom. The smallest absolute Gasteiger partial charge is 0.146 e. The summed E-state index contributed by atoms with van der Waals surface area (Å²) < 4.78 is 14.1. The Labute approximate surface area is 109 Å². The Hall–Kier alpha value is -1.09. The second kappa shape index (κ2) is 5.27. The largest absolute Gasteiger partial charge is 0.368 e. The molecule has 1 heterocycles. The molecule has 1 aromatic carbocycles. The second-order valence-electron chi connectivity index (χ2n) is 5.97. The first kappa shape index (κ1) is 13.3. The van der Waals surface area contributed by atoms with Gasteiger partial charge in [-0.15, -0.1) is 0 Å². The molecule has 1 aromatic rings. The van der Waals surface area contributed by atoms with E-state index in [-0.39, 0.29) is 11.2 Å². The molecule has 100 valence electrons. The summed E-state index contributed by atoms with van der Waals surface area (Å²) in [6.07, 6.45) is 2.36. The van der Waals surface area contributed by atoms with Gasteiger partial charge < -0.3 is 10.2 Å². The molecule has 1 aliphatic rings. The van der Waals surface area contributed by atoms with Gasteiger partial charge in [-0.1, -0.05) is 26.0 Å². The summed E-state index contributed by atoms with van der Waals surface area (Å²) in [4.78, 5) is 2.21. The number of hydrogen-bond donors (Lipinski definition) is 1. The van der Waals surface area contributed by atoms with Crippen LogP contribution in [0.25, 0.3) is 0 Å². The van der Waals surface area contributed by atoms with E-state index in [1.54, 1.807) is 12.1 Å². The van der Waals surface area contributed by atoms with Crippen molar-refractivity contribution in [2.24, 2.45) is 5.41 Å². The van der Waals surface area contributed by atoms with Gasteiger partial charge in [-0.3, -0.25) is 0 Å². The number of halogens is 1. The number of benzene rings is 1. The molecule has 1 N–H and O–H groups in total.